The average molecular weight is 285 g/mol. The zero-order valence-corrected chi connectivity index (χ0v) is 13.4. The first-order chi connectivity index (χ1) is 10.2. The maximum atomic E-state index is 5.38. The lowest BCUT2D eigenvalue weighted by molar-refractivity contribution is 0.106. The van der Waals surface area contributed by atoms with Gasteiger partial charge in [-0.2, -0.15) is 0 Å². The summed E-state index contributed by atoms with van der Waals surface area (Å²) in [5.41, 5.74) is 1.38. The Labute approximate surface area is 128 Å². The normalized spacial score (nSPS) is 14.2. The molecule has 0 bridgehead atoms. The zero-order chi connectivity index (χ0) is 15.1. The van der Waals surface area contributed by atoms with Crippen LogP contribution in [-0.2, 0) is 4.74 Å². The van der Waals surface area contributed by atoms with E-state index in [-0.39, 0.29) is 0 Å². The molecule has 21 heavy (non-hydrogen) atoms. The van der Waals surface area contributed by atoms with E-state index in [1.54, 1.807) is 7.11 Å². The van der Waals surface area contributed by atoms with Gasteiger partial charge in [0.2, 0.25) is 0 Å². The van der Waals surface area contributed by atoms with Gasteiger partial charge in [0, 0.05) is 13.2 Å². The van der Waals surface area contributed by atoms with E-state index in [1.165, 1.54) is 16.3 Å². The lowest BCUT2D eigenvalue weighted by Gasteiger charge is -2.21. The fraction of sp³-hybridized carbons (Fsp3) is 0.474. The van der Waals surface area contributed by atoms with Crippen molar-refractivity contribution in [2.45, 2.75) is 45.3 Å². The van der Waals surface area contributed by atoms with Gasteiger partial charge in [0.15, 0.2) is 0 Å². The molecule has 0 saturated carbocycles. The molecule has 2 atom stereocenters. The standard InChI is InChI=1S/C19H27NO/c1-4-13-20-19(12-9-15(2)21-3)18-11-10-16-7-5-6-8-17(16)14-18/h5-8,10-11,14-15,19-20H,4,9,12-13H2,1-3H3. The minimum Gasteiger partial charge on any atom is -0.382 e. The molecule has 0 amide bonds. The fourth-order valence-electron chi connectivity index (χ4n) is 2.65. The van der Waals surface area contributed by atoms with Crippen LogP contribution in [0.5, 0.6) is 0 Å². The lowest BCUT2D eigenvalue weighted by atomic mass is 9.97. The largest absolute Gasteiger partial charge is 0.382 e. The number of fused-ring (bicyclic) bond motifs is 1. The lowest BCUT2D eigenvalue weighted by Crippen LogP contribution is -2.23. The third-order valence-electron chi connectivity index (χ3n) is 4.08. The summed E-state index contributed by atoms with van der Waals surface area (Å²) < 4.78 is 5.38. The molecule has 0 aliphatic carbocycles. The topological polar surface area (TPSA) is 21.3 Å². The molecule has 2 rings (SSSR count). The molecule has 0 aliphatic heterocycles. The Bertz CT molecular complexity index is 552. The monoisotopic (exact) mass is 285 g/mol. The zero-order valence-electron chi connectivity index (χ0n) is 13.4. The van der Waals surface area contributed by atoms with Gasteiger partial charge in [-0.25, -0.2) is 0 Å². The number of rotatable bonds is 8. The summed E-state index contributed by atoms with van der Waals surface area (Å²) in [6.07, 6.45) is 3.65. The Kier molecular flexibility index (Phi) is 6.21. The molecule has 0 saturated heterocycles. The molecule has 2 aromatic rings. The van der Waals surface area contributed by atoms with Gasteiger partial charge in [-0.15, -0.1) is 0 Å². The van der Waals surface area contributed by atoms with Crippen LogP contribution in [0.1, 0.15) is 44.7 Å². The summed E-state index contributed by atoms with van der Waals surface area (Å²) in [6.45, 7) is 5.40. The van der Waals surface area contributed by atoms with Gasteiger partial charge in [0.1, 0.15) is 0 Å². The van der Waals surface area contributed by atoms with Gasteiger partial charge in [0.25, 0.3) is 0 Å². The van der Waals surface area contributed by atoms with Crippen molar-refractivity contribution < 1.29 is 4.74 Å². The van der Waals surface area contributed by atoms with Crippen molar-refractivity contribution in [2.75, 3.05) is 13.7 Å². The molecule has 2 unspecified atom stereocenters. The van der Waals surface area contributed by atoms with Gasteiger partial charge in [-0.1, -0.05) is 43.3 Å². The number of ether oxygens (including phenoxy) is 1. The van der Waals surface area contributed by atoms with Crippen LogP contribution >= 0.6 is 0 Å². The highest BCUT2D eigenvalue weighted by atomic mass is 16.5. The fourth-order valence-corrected chi connectivity index (χ4v) is 2.65. The smallest absolute Gasteiger partial charge is 0.0543 e. The van der Waals surface area contributed by atoms with Crippen LogP contribution in [0.15, 0.2) is 42.5 Å². The molecule has 0 radical (unpaired) electrons. The predicted molar refractivity (Wildman–Crippen MR) is 90.7 cm³/mol. The minimum absolute atomic E-state index is 0.316. The van der Waals surface area contributed by atoms with Crippen molar-refractivity contribution >= 4 is 10.8 Å². The van der Waals surface area contributed by atoms with Crippen molar-refractivity contribution in [1.29, 1.82) is 0 Å². The van der Waals surface area contributed by atoms with Crippen LogP contribution in [0.2, 0.25) is 0 Å². The van der Waals surface area contributed by atoms with Crippen LogP contribution in [0.4, 0.5) is 0 Å². The minimum atomic E-state index is 0.316. The van der Waals surface area contributed by atoms with E-state index in [0.717, 1.165) is 25.8 Å². The Morgan fingerprint density at radius 1 is 1.05 bits per heavy atom. The predicted octanol–water partition coefficient (Wildman–Crippen LogP) is 4.70. The molecular weight excluding hydrogens is 258 g/mol. The molecule has 1 N–H and O–H groups in total. The quantitative estimate of drug-likeness (QED) is 0.759. The second-order valence-corrected chi connectivity index (χ2v) is 5.74. The summed E-state index contributed by atoms with van der Waals surface area (Å²) in [4.78, 5) is 0. The van der Waals surface area contributed by atoms with Crippen molar-refractivity contribution in [1.82, 2.24) is 5.32 Å². The van der Waals surface area contributed by atoms with E-state index >= 15 is 0 Å². The van der Waals surface area contributed by atoms with Gasteiger partial charge in [-0.3, -0.25) is 0 Å². The molecule has 0 heterocycles. The van der Waals surface area contributed by atoms with E-state index in [2.05, 4.69) is 61.6 Å². The third-order valence-corrected chi connectivity index (χ3v) is 4.08. The molecule has 2 aromatic carbocycles. The summed E-state index contributed by atoms with van der Waals surface area (Å²) in [7, 11) is 1.79. The van der Waals surface area contributed by atoms with Gasteiger partial charge < -0.3 is 10.1 Å². The second kappa shape index (κ2) is 8.16. The van der Waals surface area contributed by atoms with Gasteiger partial charge in [0.05, 0.1) is 6.10 Å². The molecule has 0 aromatic heterocycles. The van der Waals surface area contributed by atoms with Crippen molar-refractivity contribution in [3.8, 4) is 0 Å². The molecule has 0 fully saturated rings. The average Bonchev–Trinajstić information content (AvgIpc) is 2.54. The third kappa shape index (κ3) is 4.55. The van der Waals surface area contributed by atoms with E-state index in [1.807, 2.05) is 0 Å². The maximum absolute atomic E-state index is 5.38. The van der Waals surface area contributed by atoms with Gasteiger partial charge >= 0.3 is 0 Å². The number of nitrogens with one attached hydrogen (secondary N) is 1. The summed E-state index contributed by atoms with van der Waals surface area (Å²) in [6, 6.07) is 15.8. The van der Waals surface area contributed by atoms with Crippen molar-refractivity contribution in [2.24, 2.45) is 0 Å². The van der Waals surface area contributed by atoms with Crippen LogP contribution in [0, 0.1) is 0 Å². The van der Waals surface area contributed by atoms with Gasteiger partial charge in [-0.05, 0) is 55.1 Å². The van der Waals surface area contributed by atoms with Crippen molar-refractivity contribution in [3.63, 3.8) is 0 Å². The highest BCUT2D eigenvalue weighted by Crippen LogP contribution is 2.24. The SMILES string of the molecule is CCCNC(CCC(C)OC)c1ccc2ccccc2c1. The molecule has 0 spiro atoms. The number of benzene rings is 2. The number of hydrogen-bond acceptors (Lipinski definition) is 2. The van der Waals surface area contributed by atoms with E-state index in [0.29, 0.717) is 12.1 Å². The molecule has 2 heteroatoms. The first-order valence-electron chi connectivity index (χ1n) is 7.99. The summed E-state index contributed by atoms with van der Waals surface area (Å²) in [5, 5.41) is 6.30. The molecule has 0 aliphatic rings. The second-order valence-electron chi connectivity index (χ2n) is 5.74. The molecular formula is C19H27NO. The first kappa shape index (κ1) is 16.0. The Morgan fingerprint density at radius 2 is 1.81 bits per heavy atom. The Balaban J connectivity index is 2.16. The van der Waals surface area contributed by atoms with Crippen molar-refractivity contribution in [3.05, 3.63) is 48.0 Å². The van der Waals surface area contributed by atoms with Crippen LogP contribution in [0.3, 0.4) is 0 Å². The summed E-state index contributed by atoms with van der Waals surface area (Å²) >= 11 is 0. The van der Waals surface area contributed by atoms with Crippen LogP contribution in [0.25, 0.3) is 10.8 Å². The van der Waals surface area contributed by atoms with Crippen LogP contribution in [-0.4, -0.2) is 19.8 Å². The van der Waals surface area contributed by atoms with E-state index in [9.17, 15) is 0 Å². The maximum Gasteiger partial charge on any atom is 0.0543 e. The van der Waals surface area contributed by atoms with E-state index in [4.69, 9.17) is 4.74 Å². The number of hydrogen-bond donors (Lipinski definition) is 1. The molecule has 114 valence electrons. The highest BCUT2D eigenvalue weighted by Gasteiger charge is 2.13. The Hall–Kier alpha value is -1.38. The van der Waals surface area contributed by atoms with E-state index < -0.39 is 0 Å². The first-order valence-corrected chi connectivity index (χ1v) is 7.99. The highest BCUT2D eigenvalue weighted by molar-refractivity contribution is 5.83. The van der Waals surface area contributed by atoms with Crippen LogP contribution < -0.4 is 5.32 Å². The number of methoxy groups -OCH3 is 1. The summed E-state index contributed by atoms with van der Waals surface area (Å²) in [5.74, 6) is 0. The Morgan fingerprint density at radius 3 is 2.52 bits per heavy atom. The molecule has 2 nitrogen and oxygen atoms in total.